The van der Waals surface area contributed by atoms with Crippen molar-refractivity contribution in [1.82, 2.24) is 30.9 Å². The van der Waals surface area contributed by atoms with Crippen LogP contribution >= 0.6 is 34.5 Å². The highest BCUT2D eigenvalue weighted by molar-refractivity contribution is 7.18. The number of pyridine rings is 2. The number of rotatable bonds is 15. The van der Waals surface area contributed by atoms with Gasteiger partial charge in [-0.25, -0.2) is 15.0 Å². The average molecular weight is 825 g/mol. The largest absolute Gasteiger partial charge is 0.481 e. The Balaban J connectivity index is 1.09. The lowest BCUT2D eigenvalue weighted by Gasteiger charge is -2.28. The van der Waals surface area contributed by atoms with Crippen LogP contribution in [-0.4, -0.2) is 57.2 Å². The molecule has 294 valence electrons. The van der Waals surface area contributed by atoms with Crippen LogP contribution in [0.3, 0.4) is 0 Å². The molecule has 1 aliphatic carbocycles. The van der Waals surface area contributed by atoms with Crippen LogP contribution in [0, 0.1) is 12.8 Å². The van der Waals surface area contributed by atoms with E-state index < -0.39 is 12.6 Å². The lowest BCUT2D eigenvalue weighted by atomic mass is 9.84. The summed E-state index contributed by atoms with van der Waals surface area (Å²) in [7, 11) is 0. The maximum atomic E-state index is 13.6. The fraction of sp³-hybridized carbons (Fsp3) is 0.375. The summed E-state index contributed by atoms with van der Waals surface area (Å²) >= 11 is 15.7. The van der Waals surface area contributed by atoms with Crippen molar-refractivity contribution in [1.29, 1.82) is 0 Å². The van der Waals surface area contributed by atoms with Gasteiger partial charge in [0, 0.05) is 73.0 Å². The molecule has 56 heavy (non-hydrogen) atoms. The van der Waals surface area contributed by atoms with E-state index in [0.717, 1.165) is 35.4 Å². The third-order valence-electron chi connectivity index (χ3n) is 10.3. The van der Waals surface area contributed by atoms with Crippen molar-refractivity contribution in [3.8, 4) is 28.3 Å². The number of amides is 1. The number of aryl methyl sites for hydroxylation is 1. The van der Waals surface area contributed by atoms with Crippen molar-refractivity contribution in [3.63, 3.8) is 0 Å². The number of fused-ring (bicyclic) bond motifs is 1. The second-order valence-corrected chi connectivity index (χ2v) is 16.1. The van der Waals surface area contributed by atoms with Crippen molar-refractivity contribution in [2.45, 2.75) is 83.7 Å². The predicted molar refractivity (Wildman–Crippen MR) is 215 cm³/mol. The molecule has 1 aliphatic heterocycles. The van der Waals surface area contributed by atoms with Gasteiger partial charge in [-0.2, -0.15) is 8.78 Å². The molecule has 5 aromatic rings. The molecule has 2 fully saturated rings. The van der Waals surface area contributed by atoms with E-state index in [1.165, 1.54) is 0 Å². The molecule has 5 N–H and O–H groups in total. The summed E-state index contributed by atoms with van der Waals surface area (Å²) in [6.07, 6.45) is 6.82. The first-order valence-electron chi connectivity index (χ1n) is 18.5. The quantitative estimate of drug-likeness (QED) is 0.0693. The van der Waals surface area contributed by atoms with Gasteiger partial charge in [0.1, 0.15) is 10.5 Å². The first-order valence-corrected chi connectivity index (χ1v) is 20.1. The molecule has 4 heterocycles. The molecule has 0 spiro atoms. The number of aliphatic carboxylic acids is 1. The highest BCUT2D eigenvalue weighted by Crippen LogP contribution is 2.43. The fourth-order valence-corrected chi connectivity index (χ4v) is 8.94. The Morgan fingerprint density at radius 1 is 1.02 bits per heavy atom. The van der Waals surface area contributed by atoms with Gasteiger partial charge in [-0.05, 0) is 68.7 Å². The minimum Gasteiger partial charge on any atom is -0.481 e. The van der Waals surface area contributed by atoms with Crippen molar-refractivity contribution in [2.24, 2.45) is 5.92 Å². The second-order valence-electron chi connectivity index (χ2n) is 14.2. The van der Waals surface area contributed by atoms with Gasteiger partial charge < -0.3 is 31.1 Å². The zero-order chi connectivity index (χ0) is 39.3. The topological polar surface area (TPSA) is 150 Å². The first-order chi connectivity index (χ1) is 27.0. The zero-order valence-corrected chi connectivity index (χ0v) is 32.8. The molecular weight excluding hydrogens is 783 g/mol. The smallest absolute Gasteiger partial charge is 0.388 e. The number of carboxylic acids is 1. The summed E-state index contributed by atoms with van der Waals surface area (Å²) < 4.78 is 33.1. The number of hydrogen-bond acceptors (Lipinski definition) is 10. The van der Waals surface area contributed by atoms with Crippen LogP contribution < -0.4 is 26.0 Å². The number of carbonyl (C=O) groups is 2. The third kappa shape index (κ3) is 9.38. The summed E-state index contributed by atoms with van der Waals surface area (Å²) in [6, 6.07) is 14.9. The van der Waals surface area contributed by atoms with Gasteiger partial charge in [0.05, 0.1) is 26.1 Å². The molecule has 11 nitrogen and oxygen atoms in total. The number of carbonyl (C=O) groups excluding carboxylic acids is 1. The van der Waals surface area contributed by atoms with Crippen LogP contribution in [0.1, 0.15) is 61.1 Å². The SMILES string of the molecule is Cc1cc(-c2cccc(-c3cccc(Nc4nccc5sc(CN[C@H]6CC[C@@H](CC(=O)O)CC6)nc45)c3Cl)c2Cl)nc(OC(F)F)c1CNC[C@@H]1CCC(=O)N1. The number of carboxylic acid groups (broad SMARTS) is 1. The summed E-state index contributed by atoms with van der Waals surface area (Å²) in [5, 5.41) is 23.9. The molecule has 0 unspecified atom stereocenters. The molecule has 1 atom stereocenters. The number of nitrogens with one attached hydrogen (secondary N) is 4. The van der Waals surface area contributed by atoms with Gasteiger partial charge >= 0.3 is 12.6 Å². The van der Waals surface area contributed by atoms with E-state index in [9.17, 15) is 18.4 Å². The fourth-order valence-electron chi connectivity index (χ4n) is 7.43. The van der Waals surface area contributed by atoms with Crippen molar-refractivity contribution in [3.05, 3.63) is 80.9 Å². The number of nitrogens with zero attached hydrogens (tertiary/aromatic N) is 3. The molecule has 1 saturated carbocycles. The lowest BCUT2D eigenvalue weighted by Crippen LogP contribution is -2.35. The Kier molecular flexibility index (Phi) is 12.6. The summed E-state index contributed by atoms with van der Waals surface area (Å²) in [4.78, 5) is 36.6. The molecular formula is C40H41Cl2F2N7O4S. The second kappa shape index (κ2) is 17.8. The normalized spacial score (nSPS) is 18.4. The van der Waals surface area contributed by atoms with Crippen LogP contribution in [-0.2, 0) is 22.7 Å². The summed E-state index contributed by atoms with van der Waals surface area (Å²) in [5.41, 5.74) is 4.59. The van der Waals surface area contributed by atoms with E-state index >= 15 is 0 Å². The maximum Gasteiger partial charge on any atom is 0.388 e. The molecule has 2 aliphatic rings. The highest BCUT2D eigenvalue weighted by atomic mass is 35.5. The van der Waals surface area contributed by atoms with Crippen molar-refractivity contribution < 1.29 is 28.2 Å². The van der Waals surface area contributed by atoms with E-state index in [4.69, 9.17) is 38.0 Å². The number of halogens is 4. The third-order valence-corrected chi connectivity index (χ3v) is 12.1. The highest BCUT2D eigenvalue weighted by Gasteiger charge is 2.25. The molecule has 2 aromatic carbocycles. The average Bonchev–Trinajstić information content (AvgIpc) is 3.79. The molecule has 0 radical (unpaired) electrons. The minimum atomic E-state index is -3.09. The van der Waals surface area contributed by atoms with Crippen molar-refractivity contribution in [2.75, 3.05) is 11.9 Å². The van der Waals surface area contributed by atoms with E-state index in [2.05, 4.69) is 31.2 Å². The standard InChI is InChI=1S/C40H41Cl2F2N7O4S/c1-21-16-30(50-39(55-40(43)44)28(21)19-45-18-24-12-13-32(52)48-24)27-6-2-4-25(35(27)41)26-5-3-7-29(36(26)42)49-38-37-31(14-15-46-38)56-33(51-37)20-47-23-10-8-22(9-11-23)17-34(53)54/h2-7,14-16,22-24,40,45,47H,8-13,17-20H2,1H3,(H,46,49)(H,48,52)(H,53,54)/t22-,23+,24-/m0/s1. The Morgan fingerprint density at radius 3 is 2.50 bits per heavy atom. The number of thiazole rings is 1. The molecule has 0 bridgehead atoms. The van der Waals surface area contributed by atoms with Gasteiger partial charge in [-0.3, -0.25) is 9.59 Å². The van der Waals surface area contributed by atoms with Gasteiger partial charge in [0.15, 0.2) is 5.82 Å². The number of alkyl halides is 2. The lowest BCUT2D eigenvalue weighted by molar-refractivity contribution is -0.138. The Labute approximate surface area is 336 Å². The van der Waals surface area contributed by atoms with E-state index in [1.54, 1.807) is 42.7 Å². The number of aromatic nitrogens is 3. The molecule has 7 rings (SSSR count). The van der Waals surface area contributed by atoms with Gasteiger partial charge in [-0.1, -0.05) is 53.5 Å². The first kappa shape index (κ1) is 39.8. The summed E-state index contributed by atoms with van der Waals surface area (Å²) in [5.74, 6) is -0.142. The number of ether oxygens (including phenoxy) is 1. The Bertz CT molecular complexity index is 2230. The summed E-state index contributed by atoms with van der Waals surface area (Å²) in [6.45, 7) is 0.0177. The van der Waals surface area contributed by atoms with E-state index in [-0.39, 0.29) is 36.7 Å². The van der Waals surface area contributed by atoms with Crippen LogP contribution in [0.4, 0.5) is 20.3 Å². The minimum absolute atomic E-state index is 0.000252. The van der Waals surface area contributed by atoms with E-state index in [0.29, 0.717) is 92.6 Å². The van der Waals surface area contributed by atoms with Crippen LogP contribution in [0.15, 0.2) is 54.7 Å². The van der Waals surface area contributed by atoms with E-state index in [1.807, 2.05) is 30.3 Å². The number of anilines is 2. The maximum absolute atomic E-state index is 13.6. The zero-order valence-electron chi connectivity index (χ0n) is 30.5. The Morgan fingerprint density at radius 2 is 1.77 bits per heavy atom. The van der Waals surface area contributed by atoms with Gasteiger partial charge in [-0.15, -0.1) is 11.3 Å². The van der Waals surface area contributed by atoms with Crippen LogP contribution in [0.5, 0.6) is 5.88 Å². The number of benzene rings is 2. The molecule has 16 heteroatoms. The van der Waals surface area contributed by atoms with Crippen molar-refractivity contribution >= 4 is 68.1 Å². The number of hydrogen-bond donors (Lipinski definition) is 5. The molecule has 1 amide bonds. The van der Waals surface area contributed by atoms with Gasteiger partial charge in [0.25, 0.3) is 0 Å². The molecule has 3 aromatic heterocycles. The Hall–Kier alpha value is -4.47. The predicted octanol–water partition coefficient (Wildman–Crippen LogP) is 8.87. The van der Waals surface area contributed by atoms with Crippen LogP contribution in [0.25, 0.3) is 32.6 Å². The van der Waals surface area contributed by atoms with Gasteiger partial charge in [0.2, 0.25) is 11.8 Å². The monoisotopic (exact) mass is 823 g/mol. The van der Waals surface area contributed by atoms with Crippen LogP contribution in [0.2, 0.25) is 10.0 Å². The molecule has 1 saturated heterocycles.